The smallest absolute Gasteiger partial charge is 0.418 e. The maximum atomic E-state index is 13.9. The Morgan fingerprint density at radius 3 is 2.54 bits per heavy atom. The number of carbonyl (C=O) groups is 2. The van der Waals surface area contributed by atoms with Crippen molar-refractivity contribution in [2.24, 2.45) is 0 Å². The van der Waals surface area contributed by atoms with Crippen LogP contribution in [0.15, 0.2) is 42.5 Å². The molecule has 2 amide bonds. The number of benzene rings is 2. The molecule has 0 radical (unpaired) electrons. The third-order valence-corrected chi connectivity index (χ3v) is 7.08. The second-order valence-electron chi connectivity index (χ2n) is 9.56. The Hall–Kier alpha value is -3.47. The Bertz CT molecular complexity index is 1410. The SMILES string of the molecule is CCCCCCC(C)N1C(=O)OC(Cc2ccc(F)cc2)(c2nc3ccc(NS(C)(=O)=O)cc3[nH]2)C1=O. The zero-order chi connectivity index (χ0) is 26.8. The van der Waals surface area contributed by atoms with Crippen LogP contribution in [0.4, 0.5) is 14.9 Å². The predicted octanol–water partition coefficient (Wildman–Crippen LogP) is 4.85. The number of rotatable bonds is 11. The number of H-pyrrole nitrogens is 1. The number of cyclic esters (lactones) is 1. The summed E-state index contributed by atoms with van der Waals surface area (Å²) >= 11 is 0. The van der Waals surface area contributed by atoms with Crippen LogP contribution in [0.25, 0.3) is 11.0 Å². The van der Waals surface area contributed by atoms with Crippen molar-refractivity contribution in [3.05, 3.63) is 59.7 Å². The highest BCUT2D eigenvalue weighted by Crippen LogP contribution is 2.39. The average molecular weight is 531 g/mol. The molecule has 0 aliphatic carbocycles. The molecule has 198 valence electrons. The second-order valence-corrected chi connectivity index (χ2v) is 11.3. The zero-order valence-corrected chi connectivity index (χ0v) is 21.9. The van der Waals surface area contributed by atoms with E-state index in [4.69, 9.17) is 4.74 Å². The van der Waals surface area contributed by atoms with E-state index in [1.54, 1.807) is 18.2 Å². The molecule has 3 aromatic rings. The average Bonchev–Trinajstić information content (AvgIpc) is 3.36. The number of aromatic nitrogens is 2. The van der Waals surface area contributed by atoms with Crippen molar-refractivity contribution >= 4 is 38.7 Å². The van der Waals surface area contributed by atoms with Crippen molar-refractivity contribution < 1.29 is 27.1 Å². The Labute approximate surface area is 215 Å². The minimum absolute atomic E-state index is 0.0504. The molecule has 2 atom stereocenters. The van der Waals surface area contributed by atoms with Gasteiger partial charge in [0.25, 0.3) is 11.5 Å². The fraction of sp³-hybridized carbons (Fsp3) is 0.423. The topological polar surface area (TPSA) is 121 Å². The molecule has 0 bridgehead atoms. The maximum absolute atomic E-state index is 13.9. The van der Waals surface area contributed by atoms with Crippen molar-refractivity contribution in [3.8, 4) is 0 Å². The first-order chi connectivity index (χ1) is 17.5. The molecule has 1 aromatic heterocycles. The lowest BCUT2D eigenvalue weighted by atomic mass is 9.92. The molecular weight excluding hydrogens is 499 g/mol. The number of ether oxygens (including phenoxy) is 1. The number of amides is 2. The molecule has 0 saturated carbocycles. The van der Waals surface area contributed by atoms with Gasteiger partial charge in [-0.1, -0.05) is 44.7 Å². The van der Waals surface area contributed by atoms with Gasteiger partial charge in [0.15, 0.2) is 5.82 Å². The summed E-state index contributed by atoms with van der Waals surface area (Å²) in [6.45, 7) is 3.93. The third kappa shape index (κ3) is 5.76. The first kappa shape index (κ1) is 26.6. The van der Waals surface area contributed by atoms with Crippen molar-refractivity contribution in [1.82, 2.24) is 14.9 Å². The van der Waals surface area contributed by atoms with Gasteiger partial charge in [-0.15, -0.1) is 0 Å². The Morgan fingerprint density at radius 2 is 1.86 bits per heavy atom. The highest BCUT2D eigenvalue weighted by Gasteiger charge is 2.58. The van der Waals surface area contributed by atoms with Gasteiger partial charge in [-0.25, -0.2) is 27.5 Å². The number of hydrogen-bond donors (Lipinski definition) is 2. The molecule has 2 unspecified atom stereocenters. The Kier molecular flexibility index (Phi) is 7.54. The summed E-state index contributed by atoms with van der Waals surface area (Å²) in [6.07, 6.45) is 4.92. The van der Waals surface area contributed by atoms with Crippen LogP contribution in [-0.2, 0) is 31.6 Å². The summed E-state index contributed by atoms with van der Waals surface area (Å²) in [5.41, 5.74) is 0.0324. The number of sulfonamides is 1. The molecule has 2 heterocycles. The second kappa shape index (κ2) is 10.5. The van der Waals surface area contributed by atoms with E-state index >= 15 is 0 Å². The first-order valence-corrected chi connectivity index (χ1v) is 14.2. The van der Waals surface area contributed by atoms with E-state index < -0.39 is 33.4 Å². The molecule has 1 fully saturated rings. The van der Waals surface area contributed by atoms with Gasteiger partial charge in [0.05, 0.1) is 23.0 Å². The van der Waals surface area contributed by atoms with E-state index in [-0.39, 0.29) is 18.3 Å². The summed E-state index contributed by atoms with van der Waals surface area (Å²) in [6, 6.07) is 9.95. The summed E-state index contributed by atoms with van der Waals surface area (Å²) < 4.78 is 45.1. The normalized spacial score (nSPS) is 18.9. The van der Waals surface area contributed by atoms with Crippen molar-refractivity contribution in [1.29, 1.82) is 0 Å². The number of nitrogens with one attached hydrogen (secondary N) is 2. The zero-order valence-electron chi connectivity index (χ0n) is 21.1. The number of carbonyl (C=O) groups excluding carboxylic acids is 2. The van der Waals surface area contributed by atoms with Gasteiger partial charge in [-0.2, -0.15) is 0 Å². The number of imide groups is 1. The van der Waals surface area contributed by atoms with Crippen LogP contribution in [0.2, 0.25) is 0 Å². The van der Waals surface area contributed by atoms with E-state index in [2.05, 4.69) is 21.6 Å². The van der Waals surface area contributed by atoms with Gasteiger partial charge < -0.3 is 9.72 Å². The number of nitrogens with zero attached hydrogens (tertiary/aromatic N) is 2. The van der Waals surface area contributed by atoms with E-state index in [0.717, 1.165) is 36.8 Å². The number of unbranched alkanes of at least 4 members (excludes halogenated alkanes) is 3. The van der Waals surface area contributed by atoms with Gasteiger partial charge >= 0.3 is 6.09 Å². The minimum Gasteiger partial charge on any atom is -0.424 e. The van der Waals surface area contributed by atoms with Crippen molar-refractivity contribution in [2.45, 2.75) is 64.0 Å². The van der Waals surface area contributed by atoms with Crippen LogP contribution >= 0.6 is 0 Å². The molecule has 9 nitrogen and oxygen atoms in total. The van der Waals surface area contributed by atoms with Gasteiger partial charge in [0, 0.05) is 12.5 Å². The highest BCUT2D eigenvalue weighted by molar-refractivity contribution is 7.92. The highest BCUT2D eigenvalue weighted by atomic mass is 32.2. The van der Waals surface area contributed by atoms with E-state index in [0.29, 0.717) is 28.7 Å². The summed E-state index contributed by atoms with van der Waals surface area (Å²) in [5, 5.41) is 0. The van der Waals surface area contributed by atoms with E-state index in [9.17, 15) is 22.4 Å². The number of anilines is 1. The largest absolute Gasteiger partial charge is 0.424 e. The van der Waals surface area contributed by atoms with Crippen LogP contribution in [-0.4, -0.2) is 47.6 Å². The quantitative estimate of drug-likeness (QED) is 0.342. The number of imidazole rings is 1. The van der Waals surface area contributed by atoms with E-state index in [1.807, 2.05) is 6.92 Å². The Balaban J connectivity index is 1.73. The van der Waals surface area contributed by atoms with Crippen molar-refractivity contribution in [3.63, 3.8) is 0 Å². The molecule has 1 aliphatic rings. The number of halogens is 1. The molecule has 2 N–H and O–H groups in total. The summed E-state index contributed by atoms with van der Waals surface area (Å²) in [5.74, 6) is -0.856. The Morgan fingerprint density at radius 1 is 1.14 bits per heavy atom. The summed E-state index contributed by atoms with van der Waals surface area (Å²) in [7, 11) is -3.50. The molecule has 0 spiro atoms. The lowest BCUT2D eigenvalue weighted by molar-refractivity contribution is -0.139. The standard InChI is InChI=1S/C26H31FN4O5S/c1-4-5-6-7-8-17(2)31-24(32)26(36-25(31)33,16-18-9-11-19(27)12-10-18)23-28-21-14-13-20(15-22(21)29-23)30-37(3,34)35/h9-15,17,30H,4-8,16H2,1-3H3,(H,28,29). The molecule has 37 heavy (non-hydrogen) atoms. The summed E-state index contributed by atoms with van der Waals surface area (Å²) in [4.78, 5) is 35.8. The van der Waals surface area contributed by atoms with Gasteiger partial charge in [0.2, 0.25) is 10.0 Å². The molecule has 4 rings (SSSR count). The van der Waals surface area contributed by atoms with Crippen LogP contribution < -0.4 is 4.72 Å². The molecule has 1 aliphatic heterocycles. The van der Waals surface area contributed by atoms with Gasteiger partial charge in [0.1, 0.15) is 5.82 Å². The fourth-order valence-electron chi connectivity index (χ4n) is 4.61. The molecule has 2 aromatic carbocycles. The third-order valence-electron chi connectivity index (χ3n) is 6.47. The van der Waals surface area contributed by atoms with Gasteiger partial charge in [-0.3, -0.25) is 9.52 Å². The van der Waals surface area contributed by atoms with E-state index in [1.165, 1.54) is 24.3 Å². The lowest BCUT2D eigenvalue weighted by Crippen LogP contribution is -2.44. The molecular formula is C26H31FN4O5S. The number of fused-ring (bicyclic) bond motifs is 1. The van der Waals surface area contributed by atoms with Crippen LogP contribution in [0, 0.1) is 5.82 Å². The lowest BCUT2D eigenvalue weighted by Gasteiger charge is -2.25. The molecule has 1 saturated heterocycles. The maximum Gasteiger partial charge on any atom is 0.418 e. The van der Waals surface area contributed by atoms with Crippen LogP contribution in [0.5, 0.6) is 0 Å². The van der Waals surface area contributed by atoms with Crippen LogP contribution in [0.1, 0.15) is 57.3 Å². The van der Waals surface area contributed by atoms with Gasteiger partial charge in [-0.05, 0) is 49.2 Å². The number of hydrogen-bond acceptors (Lipinski definition) is 6. The molecule has 11 heteroatoms. The predicted molar refractivity (Wildman–Crippen MR) is 138 cm³/mol. The fourth-order valence-corrected chi connectivity index (χ4v) is 5.16. The monoisotopic (exact) mass is 530 g/mol. The number of aromatic amines is 1. The first-order valence-electron chi connectivity index (χ1n) is 12.3. The van der Waals surface area contributed by atoms with Crippen molar-refractivity contribution in [2.75, 3.05) is 11.0 Å². The minimum atomic E-state index is -3.50. The van der Waals surface area contributed by atoms with Crippen LogP contribution in [0.3, 0.4) is 0 Å².